The van der Waals surface area contributed by atoms with Crippen molar-refractivity contribution in [1.82, 2.24) is 14.9 Å². The third-order valence-electron chi connectivity index (χ3n) is 4.28. The Labute approximate surface area is 146 Å². The van der Waals surface area contributed by atoms with Gasteiger partial charge >= 0.3 is 0 Å². The van der Waals surface area contributed by atoms with Crippen molar-refractivity contribution >= 4 is 16.8 Å². The van der Waals surface area contributed by atoms with Gasteiger partial charge in [0.05, 0.1) is 30.2 Å². The summed E-state index contributed by atoms with van der Waals surface area (Å²) in [4.78, 5) is 32.9. The molecule has 7 heteroatoms. The number of amides is 1. The van der Waals surface area contributed by atoms with Gasteiger partial charge in [-0.05, 0) is 31.4 Å². The summed E-state index contributed by atoms with van der Waals surface area (Å²) in [5.41, 5.74) is 0.417. The number of hydrogen-bond acceptors (Lipinski definition) is 5. The lowest BCUT2D eigenvalue weighted by Crippen LogP contribution is -2.33. The molecule has 1 aromatic carbocycles. The number of benzene rings is 1. The van der Waals surface area contributed by atoms with E-state index in [1.54, 1.807) is 25.2 Å². The molecule has 1 aliphatic heterocycles. The van der Waals surface area contributed by atoms with Crippen molar-refractivity contribution in [2.24, 2.45) is 0 Å². The van der Waals surface area contributed by atoms with Crippen LogP contribution in [0.15, 0.2) is 29.1 Å². The highest BCUT2D eigenvalue weighted by atomic mass is 16.5. The standard InChI is InChI=1S/C18H23N3O4/c1-21(17(22)12-24-11-13-6-4-5-9-25-13)10-16-19-15-8-3-2-7-14(15)18(23)20-16/h2-3,7-8,13H,4-6,9-12H2,1H3,(H,19,20,23)/t13-/m0/s1. The van der Waals surface area contributed by atoms with Crippen LogP contribution in [0.1, 0.15) is 25.1 Å². The lowest BCUT2D eigenvalue weighted by Gasteiger charge is -2.23. The first-order valence-corrected chi connectivity index (χ1v) is 8.55. The summed E-state index contributed by atoms with van der Waals surface area (Å²) in [7, 11) is 1.66. The Morgan fingerprint density at radius 1 is 1.40 bits per heavy atom. The second-order valence-corrected chi connectivity index (χ2v) is 6.28. The van der Waals surface area contributed by atoms with Crippen LogP contribution in [-0.4, -0.2) is 53.7 Å². The molecule has 0 bridgehead atoms. The highest BCUT2D eigenvalue weighted by Crippen LogP contribution is 2.12. The molecule has 1 aliphatic rings. The highest BCUT2D eigenvalue weighted by molar-refractivity contribution is 5.78. The molecular formula is C18H23N3O4. The Morgan fingerprint density at radius 2 is 2.24 bits per heavy atom. The van der Waals surface area contributed by atoms with Gasteiger partial charge in [-0.1, -0.05) is 12.1 Å². The molecule has 1 amide bonds. The van der Waals surface area contributed by atoms with Gasteiger partial charge in [0.1, 0.15) is 12.4 Å². The second-order valence-electron chi connectivity index (χ2n) is 6.28. The summed E-state index contributed by atoms with van der Waals surface area (Å²) < 4.78 is 11.0. The van der Waals surface area contributed by atoms with Crippen LogP contribution >= 0.6 is 0 Å². The van der Waals surface area contributed by atoms with E-state index in [0.717, 1.165) is 25.9 Å². The molecule has 7 nitrogen and oxygen atoms in total. The SMILES string of the molecule is CN(Cc1nc2ccccc2c(=O)[nH]1)C(=O)COC[C@@H]1CCCCO1. The summed E-state index contributed by atoms with van der Waals surface area (Å²) in [6.45, 7) is 1.42. The number of likely N-dealkylation sites (N-methyl/N-ethyl adjacent to an activating group) is 1. The molecule has 25 heavy (non-hydrogen) atoms. The highest BCUT2D eigenvalue weighted by Gasteiger charge is 2.16. The third kappa shape index (κ3) is 4.64. The normalized spacial score (nSPS) is 17.6. The van der Waals surface area contributed by atoms with Gasteiger partial charge in [0.25, 0.3) is 5.56 Å². The van der Waals surface area contributed by atoms with Crippen molar-refractivity contribution in [3.05, 3.63) is 40.4 Å². The molecule has 1 fully saturated rings. The van der Waals surface area contributed by atoms with E-state index in [2.05, 4.69) is 9.97 Å². The maximum absolute atomic E-state index is 12.2. The maximum atomic E-state index is 12.2. The van der Waals surface area contributed by atoms with Gasteiger partial charge in [0, 0.05) is 13.7 Å². The molecule has 0 radical (unpaired) electrons. The summed E-state index contributed by atoms with van der Waals surface area (Å²) in [5, 5.41) is 0.538. The van der Waals surface area contributed by atoms with Crippen LogP contribution in [0.4, 0.5) is 0 Å². The zero-order valence-electron chi connectivity index (χ0n) is 14.4. The van der Waals surface area contributed by atoms with Gasteiger partial charge in [0.15, 0.2) is 0 Å². The first-order chi connectivity index (χ1) is 12.1. The largest absolute Gasteiger partial charge is 0.376 e. The van der Waals surface area contributed by atoms with Gasteiger partial charge in [-0.25, -0.2) is 4.98 Å². The minimum absolute atomic E-state index is 0.00578. The van der Waals surface area contributed by atoms with Crippen molar-refractivity contribution in [2.45, 2.75) is 31.9 Å². The third-order valence-corrected chi connectivity index (χ3v) is 4.28. The summed E-state index contributed by atoms with van der Waals surface area (Å²) in [6.07, 6.45) is 3.30. The summed E-state index contributed by atoms with van der Waals surface area (Å²) >= 11 is 0. The van der Waals surface area contributed by atoms with Crippen LogP contribution in [0.3, 0.4) is 0 Å². The zero-order chi connectivity index (χ0) is 17.6. The van der Waals surface area contributed by atoms with E-state index in [0.29, 0.717) is 23.3 Å². The molecule has 0 aliphatic carbocycles. The minimum Gasteiger partial charge on any atom is -0.376 e. The van der Waals surface area contributed by atoms with Crippen LogP contribution in [0.2, 0.25) is 0 Å². The second kappa shape index (κ2) is 8.22. The smallest absolute Gasteiger partial charge is 0.258 e. The van der Waals surface area contributed by atoms with Crippen molar-refractivity contribution in [1.29, 1.82) is 0 Å². The van der Waals surface area contributed by atoms with Crippen molar-refractivity contribution in [3.8, 4) is 0 Å². The number of rotatable bonds is 6. The Kier molecular flexibility index (Phi) is 5.78. The number of carbonyl (C=O) groups excluding carboxylic acids is 1. The number of carbonyl (C=O) groups is 1. The Balaban J connectivity index is 1.53. The molecule has 134 valence electrons. The van der Waals surface area contributed by atoms with Crippen molar-refractivity contribution in [3.63, 3.8) is 0 Å². The molecule has 0 unspecified atom stereocenters. The van der Waals surface area contributed by atoms with E-state index >= 15 is 0 Å². The fourth-order valence-corrected chi connectivity index (χ4v) is 2.85. The number of nitrogens with one attached hydrogen (secondary N) is 1. The molecule has 1 atom stereocenters. The number of hydrogen-bond donors (Lipinski definition) is 1. The minimum atomic E-state index is -0.202. The van der Waals surface area contributed by atoms with E-state index < -0.39 is 0 Å². The first kappa shape index (κ1) is 17.6. The predicted octanol–water partition coefficient (Wildman–Crippen LogP) is 1.47. The topological polar surface area (TPSA) is 84.5 Å². The van der Waals surface area contributed by atoms with Crippen LogP contribution < -0.4 is 5.56 Å². The lowest BCUT2D eigenvalue weighted by molar-refractivity contribution is -0.137. The van der Waals surface area contributed by atoms with Gasteiger partial charge < -0.3 is 19.4 Å². The Morgan fingerprint density at radius 3 is 3.04 bits per heavy atom. The lowest BCUT2D eigenvalue weighted by atomic mass is 10.1. The number of ether oxygens (including phenoxy) is 2. The average molecular weight is 345 g/mol. The van der Waals surface area contributed by atoms with Gasteiger partial charge in [-0.15, -0.1) is 0 Å². The van der Waals surface area contributed by atoms with Gasteiger partial charge in [-0.2, -0.15) is 0 Å². The average Bonchev–Trinajstić information content (AvgIpc) is 2.62. The maximum Gasteiger partial charge on any atom is 0.258 e. The van der Waals surface area contributed by atoms with Gasteiger partial charge in [-0.3, -0.25) is 9.59 Å². The number of H-pyrrole nitrogens is 1. The monoisotopic (exact) mass is 345 g/mol. The van der Waals surface area contributed by atoms with Crippen LogP contribution in [0, 0.1) is 0 Å². The summed E-state index contributed by atoms with van der Waals surface area (Å²) in [6, 6.07) is 7.13. The fourth-order valence-electron chi connectivity index (χ4n) is 2.85. The molecule has 3 rings (SSSR count). The van der Waals surface area contributed by atoms with E-state index in [1.165, 1.54) is 4.90 Å². The Hall–Kier alpha value is -2.25. The summed E-state index contributed by atoms with van der Waals surface area (Å²) in [5.74, 6) is 0.293. The molecule has 2 heterocycles. The van der Waals surface area contributed by atoms with Crippen molar-refractivity contribution < 1.29 is 14.3 Å². The fraction of sp³-hybridized carbons (Fsp3) is 0.500. The molecular weight excluding hydrogens is 322 g/mol. The number of aromatic nitrogens is 2. The van der Waals surface area contributed by atoms with Crippen LogP contribution in [0.25, 0.3) is 10.9 Å². The zero-order valence-corrected chi connectivity index (χ0v) is 14.4. The van der Waals surface area contributed by atoms with Crippen LogP contribution in [-0.2, 0) is 20.8 Å². The molecule has 1 saturated heterocycles. The quantitative estimate of drug-likeness (QED) is 0.857. The van der Waals surface area contributed by atoms with Gasteiger partial charge in [0.2, 0.25) is 5.91 Å². The predicted molar refractivity (Wildman–Crippen MR) is 93.2 cm³/mol. The number of aromatic amines is 1. The van der Waals surface area contributed by atoms with E-state index in [9.17, 15) is 9.59 Å². The van der Waals surface area contributed by atoms with Crippen molar-refractivity contribution in [2.75, 3.05) is 26.9 Å². The first-order valence-electron chi connectivity index (χ1n) is 8.55. The number of nitrogens with zero attached hydrogens (tertiary/aromatic N) is 2. The van der Waals surface area contributed by atoms with E-state index in [4.69, 9.17) is 9.47 Å². The van der Waals surface area contributed by atoms with Crippen LogP contribution in [0.5, 0.6) is 0 Å². The molecule has 2 aromatic rings. The molecule has 1 N–H and O–H groups in total. The van der Waals surface area contributed by atoms with E-state index in [1.807, 2.05) is 6.07 Å². The molecule has 1 aromatic heterocycles. The Bertz CT molecular complexity index is 783. The molecule has 0 spiro atoms. The number of fused-ring (bicyclic) bond motifs is 1. The number of para-hydroxylation sites is 1. The van der Waals surface area contributed by atoms with E-state index in [-0.39, 0.29) is 30.7 Å². The molecule has 0 saturated carbocycles.